The molecular formula is C23H29ClN4O3. The molecule has 2 heterocycles. The average Bonchev–Trinajstić information content (AvgIpc) is 3.15. The number of nitrogens with zero attached hydrogens (tertiary/aromatic N) is 4. The number of halogens is 1. The highest BCUT2D eigenvalue weighted by atomic mass is 35.5. The minimum Gasteiger partial charge on any atom is -0.444 e. The number of hydrogen-bond donors (Lipinski definition) is 0. The Morgan fingerprint density at radius 3 is 2.74 bits per heavy atom. The summed E-state index contributed by atoms with van der Waals surface area (Å²) in [6.07, 6.45) is 2.18. The van der Waals surface area contributed by atoms with Crippen LogP contribution < -0.4 is 0 Å². The van der Waals surface area contributed by atoms with Gasteiger partial charge in [-0.15, -0.1) is 0 Å². The van der Waals surface area contributed by atoms with Gasteiger partial charge in [0.1, 0.15) is 5.60 Å². The van der Waals surface area contributed by atoms with Crippen molar-refractivity contribution in [1.82, 2.24) is 19.8 Å². The maximum Gasteiger partial charge on any atom is 0.410 e. The van der Waals surface area contributed by atoms with Crippen molar-refractivity contribution < 1.29 is 14.3 Å². The first-order valence-electron chi connectivity index (χ1n) is 10.4. The number of carbonyl (C=O) groups is 2. The Hall–Kier alpha value is -2.67. The van der Waals surface area contributed by atoms with Gasteiger partial charge in [0.25, 0.3) is 0 Å². The molecule has 2 aromatic rings. The molecule has 0 spiro atoms. The van der Waals surface area contributed by atoms with E-state index in [1.807, 2.05) is 49.9 Å². The number of aromatic nitrogens is 2. The third-order valence-corrected chi connectivity index (χ3v) is 5.27. The summed E-state index contributed by atoms with van der Waals surface area (Å²) in [7, 11) is 0. The lowest BCUT2D eigenvalue weighted by molar-refractivity contribution is -0.130. The topological polar surface area (TPSA) is 75.6 Å². The van der Waals surface area contributed by atoms with E-state index < -0.39 is 5.60 Å². The van der Waals surface area contributed by atoms with Gasteiger partial charge in [0, 0.05) is 44.9 Å². The summed E-state index contributed by atoms with van der Waals surface area (Å²) >= 11 is 5.91. The standard InChI is InChI=1S/C23H29ClN4O3/c1-16(29)28(15-18-9-11-27(14-18)22(30)31-23(2,3)4)13-17-6-5-7-19(12-17)20-8-10-25-21(24)26-20/h5-8,10,12,18H,9,11,13-15H2,1-4H3. The fraction of sp³-hybridized carbons (Fsp3) is 0.478. The number of amides is 2. The molecule has 1 aliphatic heterocycles. The summed E-state index contributed by atoms with van der Waals surface area (Å²) < 4.78 is 5.47. The van der Waals surface area contributed by atoms with Crippen molar-refractivity contribution in [2.75, 3.05) is 19.6 Å². The van der Waals surface area contributed by atoms with Crippen LogP contribution in [-0.2, 0) is 16.1 Å². The van der Waals surface area contributed by atoms with E-state index in [-0.39, 0.29) is 23.2 Å². The summed E-state index contributed by atoms with van der Waals surface area (Å²) in [6.45, 7) is 9.49. The number of carbonyl (C=O) groups excluding carboxylic acids is 2. The Morgan fingerprint density at radius 1 is 1.29 bits per heavy atom. The van der Waals surface area contributed by atoms with Gasteiger partial charge in [-0.3, -0.25) is 4.79 Å². The fourth-order valence-corrected chi connectivity index (χ4v) is 3.78. The molecule has 0 aliphatic carbocycles. The molecule has 7 nitrogen and oxygen atoms in total. The monoisotopic (exact) mass is 444 g/mol. The van der Waals surface area contributed by atoms with E-state index in [1.165, 1.54) is 0 Å². The first kappa shape index (κ1) is 23.0. The summed E-state index contributed by atoms with van der Waals surface area (Å²) in [4.78, 5) is 36.4. The first-order valence-corrected chi connectivity index (χ1v) is 10.8. The molecule has 0 bridgehead atoms. The zero-order chi connectivity index (χ0) is 22.6. The lowest BCUT2D eigenvalue weighted by Crippen LogP contribution is -2.37. The van der Waals surface area contributed by atoms with Gasteiger partial charge in [-0.2, -0.15) is 0 Å². The second kappa shape index (κ2) is 9.64. The van der Waals surface area contributed by atoms with Crippen molar-refractivity contribution in [3.63, 3.8) is 0 Å². The van der Waals surface area contributed by atoms with Crippen LogP contribution in [0.4, 0.5) is 4.79 Å². The Kier molecular flexibility index (Phi) is 7.15. The van der Waals surface area contributed by atoms with Crippen molar-refractivity contribution in [3.8, 4) is 11.3 Å². The van der Waals surface area contributed by atoms with Crippen LogP contribution >= 0.6 is 11.6 Å². The third kappa shape index (κ3) is 6.66. The second-order valence-electron chi connectivity index (χ2n) is 8.89. The van der Waals surface area contributed by atoms with Crippen LogP contribution in [0.25, 0.3) is 11.3 Å². The zero-order valence-corrected chi connectivity index (χ0v) is 19.2. The van der Waals surface area contributed by atoms with Gasteiger partial charge in [0.15, 0.2) is 0 Å². The molecule has 1 aliphatic rings. The predicted octanol–water partition coefficient (Wildman–Crippen LogP) is 4.40. The maximum absolute atomic E-state index is 12.3. The van der Waals surface area contributed by atoms with Crippen molar-refractivity contribution in [3.05, 3.63) is 47.4 Å². The van der Waals surface area contributed by atoms with E-state index in [1.54, 1.807) is 24.1 Å². The molecule has 0 saturated carbocycles. The van der Waals surface area contributed by atoms with E-state index in [0.29, 0.717) is 26.2 Å². The van der Waals surface area contributed by atoms with Crippen LogP contribution in [0.1, 0.15) is 39.7 Å². The summed E-state index contributed by atoms with van der Waals surface area (Å²) in [5, 5.41) is 0.198. The highest BCUT2D eigenvalue weighted by molar-refractivity contribution is 6.28. The average molecular weight is 445 g/mol. The van der Waals surface area contributed by atoms with Crippen LogP contribution in [0.3, 0.4) is 0 Å². The van der Waals surface area contributed by atoms with Gasteiger partial charge in [-0.1, -0.05) is 18.2 Å². The van der Waals surface area contributed by atoms with Gasteiger partial charge in [-0.05, 0) is 62.4 Å². The predicted molar refractivity (Wildman–Crippen MR) is 119 cm³/mol. The van der Waals surface area contributed by atoms with Gasteiger partial charge in [0.05, 0.1) is 5.69 Å². The lowest BCUT2D eigenvalue weighted by Gasteiger charge is -2.26. The molecule has 1 fully saturated rings. The van der Waals surface area contributed by atoms with E-state index in [9.17, 15) is 9.59 Å². The van der Waals surface area contributed by atoms with Gasteiger partial charge in [-0.25, -0.2) is 14.8 Å². The van der Waals surface area contributed by atoms with E-state index in [2.05, 4.69) is 9.97 Å². The zero-order valence-electron chi connectivity index (χ0n) is 18.5. The number of benzene rings is 1. The summed E-state index contributed by atoms with van der Waals surface area (Å²) in [6, 6.07) is 9.70. The molecule has 0 radical (unpaired) electrons. The van der Waals surface area contributed by atoms with Crippen LogP contribution in [0.15, 0.2) is 36.5 Å². The third-order valence-electron chi connectivity index (χ3n) is 5.08. The van der Waals surface area contributed by atoms with Crippen molar-refractivity contribution in [1.29, 1.82) is 0 Å². The second-order valence-corrected chi connectivity index (χ2v) is 9.23. The molecule has 8 heteroatoms. The van der Waals surface area contributed by atoms with E-state index in [4.69, 9.17) is 16.3 Å². The van der Waals surface area contributed by atoms with Gasteiger partial charge in [0.2, 0.25) is 11.2 Å². The Bertz CT molecular complexity index is 944. The molecule has 3 rings (SSSR count). The molecule has 2 amide bonds. The molecule has 1 unspecified atom stereocenters. The molecule has 166 valence electrons. The minimum absolute atomic E-state index is 0.00574. The minimum atomic E-state index is -0.514. The quantitative estimate of drug-likeness (QED) is 0.639. The Labute approximate surface area is 188 Å². The van der Waals surface area contributed by atoms with E-state index >= 15 is 0 Å². The van der Waals surface area contributed by atoms with Crippen molar-refractivity contribution in [2.45, 2.75) is 46.3 Å². The maximum atomic E-state index is 12.3. The molecule has 31 heavy (non-hydrogen) atoms. The van der Waals surface area contributed by atoms with Crippen LogP contribution in [0.5, 0.6) is 0 Å². The summed E-state index contributed by atoms with van der Waals surface area (Å²) in [5.41, 5.74) is 2.14. The molecule has 1 aromatic heterocycles. The number of rotatable bonds is 5. The summed E-state index contributed by atoms with van der Waals surface area (Å²) in [5.74, 6) is 0.228. The SMILES string of the molecule is CC(=O)N(Cc1cccc(-c2ccnc(Cl)n2)c1)CC1CCN(C(=O)OC(C)(C)C)C1. The highest BCUT2D eigenvalue weighted by Gasteiger charge is 2.31. The molecule has 0 N–H and O–H groups in total. The van der Waals surface area contributed by atoms with Gasteiger partial charge < -0.3 is 14.5 Å². The van der Waals surface area contributed by atoms with Crippen molar-refractivity contribution in [2.24, 2.45) is 5.92 Å². The fourth-order valence-electron chi connectivity index (χ4n) is 3.64. The van der Waals surface area contributed by atoms with E-state index in [0.717, 1.165) is 23.2 Å². The number of ether oxygens (including phenoxy) is 1. The largest absolute Gasteiger partial charge is 0.444 e. The Morgan fingerprint density at radius 2 is 2.06 bits per heavy atom. The van der Waals surface area contributed by atoms with Crippen molar-refractivity contribution >= 4 is 23.6 Å². The van der Waals surface area contributed by atoms with Crippen LogP contribution in [-0.4, -0.2) is 57.0 Å². The lowest BCUT2D eigenvalue weighted by atomic mass is 10.1. The molecule has 1 aromatic carbocycles. The van der Waals surface area contributed by atoms with Gasteiger partial charge >= 0.3 is 6.09 Å². The first-order chi connectivity index (χ1) is 14.6. The molecule has 1 atom stereocenters. The molecular weight excluding hydrogens is 416 g/mol. The Balaban J connectivity index is 1.64. The normalized spacial score (nSPS) is 16.3. The number of likely N-dealkylation sites (tertiary alicyclic amines) is 1. The van der Waals surface area contributed by atoms with Crippen LogP contribution in [0, 0.1) is 5.92 Å². The smallest absolute Gasteiger partial charge is 0.410 e. The van der Waals surface area contributed by atoms with Crippen LogP contribution in [0.2, 0.25) is 5.28 Å². The molecule has 1 saturated heterocycles. The number of hydrogen-bond acceptors (Lipinski definition) is 5. The highest BCUT2D eigenvalue weighted by Crippen LogP contribution is 2.23.